The van der Waals surface area contributed by atoms with Gasteiger partial charge in [0.25, 0.3) is 0 Å². The van der Waals surface area contributed by atoms with E-state index < -0.39 is 0 Å². The Morgan fingerprint density at radius 3 is 2.00 bits per heavy atom. The molecule has 0 atom stereocenters. The van der Waals surface area contributed by atoms with Gasteiger partial charge in [-0.1, -0.05) is 39.5 Å². The van der Waals surface area contributed by atoms with E-state index in [0.717, 1.165) is 5.75 Å². The fourth-order valence-electron chi connectivity index (χ4n) is 2.11. The van der Waals surface area contributed by atoms with Crippen LogP contribution in [0, 0.1) is 0 Å². The summed E-state index contributed by atoms with van der Waals surface area (Å²) in [6.45, 7) is 4.51. The standard InChI is InChI=1S/C16H27NO/c1-4-6-8-14(9-7-5-2)17-15-10-12-16(18-3)13-11-15/h10-14,17H,4-9H2,1-3H3. The van der Waals surface area contributed by atoms with Crippen LogP contribution < -0.4 is 10.1 Å². The van der Waals surface area contributed by atoms with Crippen molar-refractivity contribution < 1.29 is 4.74 Å². The number of rotatable bonds is 9. The molecule has 0 radical (unpaired) electrons. The molecule has 18 heavy (non-hydrogen) atoms. The van der Waals surface area contributed by atoms with Crippen molar-refractivity contribution >= 4 is 5.69 Å². The smallest absolute Gasteiger partial charge is 0.119 e. The second-order valence-corrected chi connectivity index (χ2v) is 4.85. The van der Waals surface area contributed by atoms with E-state index in [-0.39, 0.29) is 0 Å². The molecule has 2 nitrogen and oxygen atoms in total. The molecule has 102 valence electrons. The van der Waals surface area contributed by atoms with Gasteiger partial charge in [0.15, 0.2) is 0 Å². The summed E-state index contributed by atoms with van der Waals surface area (Å²) in [4.78, 5) is 0. The van der Waals surface area contributed by atoms with E-state index in [1.54, 1.807) is 7.11 Å². The van der Waals surface area contributed by atoms with Crippen molar-refractivity contribution in [2.45, 2.75) is 58.4 Å². The number of hydrogen-bond acceptors (Lipinski definition) is 2. The molecule has 1 N–H and O–H groups in total. The maximum absolute atomic E-state index is 5.18. The Labute approximate surface area is 112 Å². The largest absolute Gasteiger partial charge is 0.497 e. The Morgan fingerprint density at radius 1 is 1.00 bits per heavy atom. The molecular formula is C16H27NO. The van der Waals surface area contributed by atoms with Crippen LogP contribution in [0.3, 0.4) is 0 Å². The van der Waals surface area contributed by atoms with Gasteiger partial charge in [0, 0.05) is 11.7 Å². The van der Waals surface area contributed by atoms with Gasteiger partial charge in [-0.05, 0) is 37.1 Å². The third-order valence-corrected chi connectivity index (χ3v) is 3.27. The van der Waals surface area contributed by atoms with Gasteiger partial charge < -0.3 is 10.1 Å². The lowest BCUT2D eigenvalue weighted by atomic mass is 10.0. The summed E-state index contributed by atoms with van der Waals surface area (Å²) in [7, 11) is 1.70. The number of anilines is 1. The fraction of sp³-hybridized carbons (Fsp3) is 0.625. The predicted molar refractivity (Wildman–Crippen MR) is 79.5 cm³/mol. The first-order valence-electron chi connectivity index (χ1n) is 7.20. The van der Waals surface area contributed by atoms with Crippen molar-refractivity contribution in [2.24, 2.45) is 0 Å². The molecule has 0 aliphatic heterocycles. The van der Waals surface area contributed by atoms with E-state index in [2.05, 4.69) is 31.3 Å². The molecule has 1 aromatic carbocycles. The molecule has 0 heterocycles. The summed E-state index contributed by atoms with van der Waals surface area (Å²) in [5, 5.41) is 3.64. The van der Waals surface area contributed by atoms with Crippen molar-refractivity contribution in [1.82, 2.24) is 0 Å². The van der Waals surface area contributed by atoms with Crippen LogP contribution in [-0.2, 0) is 0 Å². The summed E-state index contributed by atoms with van der Waals surface area (Å²) in [5.74, 6) is 0.916. The molecule has 0 aromatic heterocycles. The van der Waals surface area contributed by atoms with Crippen LogP contribution in [0.4, 0.5) is 5.69 Å². The van der Waals surface area contributed by atoms with Crippen LogP contribution in [0.25, 0.3) is 0 Å². The summed E-state index contributed by atoms with van der Waals surface area (Å²) in [5.41, 5.74) is 1.20. The van der Waals surface area contributed by atoms with Gasteiger partial charge in [0.2, 0.25) is 0 Å². The molecule has 0 aliphatic carbocycles. The Morgan fingerprint density at radius 2 is 1.56 bits per heavy atom. The minimum Gasteiger partial charge on any atom is -0.497 e. The molecule has 0 aliphatic rings. The third kappa shape index (κ3) is 5.44. The number of nitrogens with one attached hydrogen (secondary N) is 1. The lowest BCUT2D eigenvalue weighted by molar-refractivity contribution is 0.415. The van der Waals surface area contributed by atoms with Crippen molar-refractivity contribution in [1.29, 1.82) is 0 Å². The lowest BCUT2D eigenvalue weighted by Gasteiger charge is -2.19. The number of unbranched alkanes of at least 4 members (excludes halogenated alkanes) is 2. The average molecular weight is 249 g/mol. The second-order valence-electron chi connectivity index (χ2n) is 4.85. The topological polar surface area (TPSA) is 21.3 Å². The summed E-state index contributed by atoms with van der Waals surface area (Å²) in [6.07, 6.45) is 7.68. The van der Waals surface area contributed by atoms with Gasteiger partial charge in [0.1, 0.15) is 5.75 Å². The summed E-state index contributed by atoms with van der Waals surface area (Å²) in [6, 6.07) is 8.84. The van der Waals surface area contributed by atoms with Gasteiger partial charge in [-0.25, -0.2) is 0 Å². The molecule has 1 rings (SSSR count). The molecule has 0 bridgehead atoms. The SMILES string of the molecule is CCCCC(CCCC)Nc1ccc(OC)cc1. The molecular weight excluding hydrogens is 222 g/mol. The van der Waals surface area contributed by atoms with E-state index in [0.29, 0.717) is 6.04 Å². The zero-order chi connectivity index (χ0) is 13.2. The van der Waals surface area contributed by atoms with Gasteiger partial charge in [-0.15, -0.1) is 0 Å². The third-order valence-electron chi connectivity index (χ3n) is 3.27. The first-order chi connectivity index (χ1) is 8.80. The molecule has 0 saturated carbocycles. The number of hydrogen-bond donors (Lipinski definition) is 1. The molecule has 0 spiro atoms. The van der Waals surface area contributed by atoms with Gasteiger partial charge in [0.05, 0.1) is 7.11 Å². The highest BCUT2D eigenvalue weighted by atomic mass is 16.5. The molecule has 0 unspecified atom stereocenters. The maximum atomic E-state index is 5.18. The van der Waals surface area contributed by atoms with Crippen LogP contribution in [0.1, 0.15) is 52.4 Å². The summed E-state index contributed by atoms with van der Waals surface area (Å²) < 4.78 is 5.18. The van der Waals surface area contributed by atoms with Crippen molar-refractivity contribution in [3.8, 4) is 5.75 Å². The molecule has 0 saturated heterocycles. The van der Waals surface area contributed by atoms with E-state index in [1.807, 2.05) is 12.1 Å². The van der Waals surface area contributed by atoms with Gasteiger partial charge in [-0.2, -0.15) is 0 Å². The first-order valence-corrected chi connectivity index (χ1v) is 7.20. The number of benzene rings is 1. The van der Waals surface area contributed by atoms with E-state index in [9.17, 15) is 0 Å². The Kier molecular flexibility index (Phi) is 7.31. The highest BCUT2D eigenvalue weighted by molar-refractivity contribution is 5.47. The van der Waals surface area contributed by atoms with Crippen molar-refractivity contribution in [3.05, 3.63) is 24.3 Å². The summed E-state index contributed by atoms with van der Waals surface area (Å²) >= 11 is 0. The first kappa shape index (κ1) is 14.9. The van der Waals surface area contributed by atoms with Crippen LogP contribution in [0.2, 0.25) is 0 Å². The lowest BCUT2D eigenvalue weighted by Crippen LogP contribution is -2.19. The fourth-order valence-corrected chi connectivity index (χ4v) is 2.11. The Bertz CT molecular complexity index is 299. The van der Waals surface area contributed by atoms with E-state index in [4.69, 9.17) is 4.74 Å². The minimum atomic E-state index is 0.610. The average Bonchev–Trinajstić information content (AvgIpc) is 2.42. The van der Waals surface area contributed by atoms with Crippen molar-refractivity contribution in [2.75, 3.05) is 12.4 Å². The monoisotopic (exact) mass is 249 g/mol. The Hall–Kier alpha value is -1.18. The molecule has 0 fully saturated rings. The predicted octanol–water partition coefficient (Wildman–Crippen LogP) is 4.86. The van der Waals surface area contributed by atoms with Crippen molar-refractivity contribution in [3.63, 3.8) is 0 Å². The minimum absolute atomic E-state index is 0.610. The highest BCUT2D eigenvalue weighted by Gasteiger charge is 2.07. The molecule has 1 aromatic rings. The van der Waals surface area contributed by atoms with Crippen LogP contribution in [0.15, 0.2) is 24.3 Å². The van der Waals surface area contributed by atoms with E-state index in [1.165, 1.54) is 44.2 Å². The highest BCUT2D eigenvalue weighted by Crippen LogP contribution is 2.19. The number of methoxy groups -OCH3 is 1. The van der Waals surface area contributed by atoms with Gasteiger partial charge >= 0.3 is 0 Å². The van der Waals surface area contributed by atoms with Crippen LogP contribution >= 0.6 is 0 Å². The normalized spacial score (nSPS) is 10.7. The second kappa shape index (κ2) is 8.84. The van der Waals surface area contributed by atoms with E-state index >= 15 is 0 Å². The number of ether oxygens (including phenoxy) is 1. The Balaban J connectivity index is 2.51. The van der Waals surface area contributed by atoms with Gasteiger partial charge in [-0.3, -0.25) is 0 Å². The zero-order valence-electron chi connectivity index (χ0n) is 12.0. The van der Waals surface area contributed by atoms with Crippen LogP contribution in [-0.4, -0.2) is 13.2 Å². The molecule has 2 heteroatoms. The maximum Gasteiger partial charge on any atom is 0.119 e. The quantitative estimate of drug-likeness (QED) is 0.675. The zero-order valence-corrected chi connectivity index (χ0v) is 12.0. The van der Waals surface area contributed by atoms with Crippen LogP contribution in [0.5, 0.6) is 5.75 Å². The molecule has 0 amide bonds.